The van der Waals surface area contributed by atoms with Crippen LogP contribution in [0.3, 0.4) is 0 Å². The summed E-state index contributed by atoms with van der Waals surface area (Å²) in [6, 6.07) is 14.1. The lowest BCUT2D eigenvalue weighted by Crippen LogP contribution is -2.61. The van der Waals surface area contributed by atoms with Gasteiger partial charge in [-0.3, -0.25) is 9.80 Å². The monoisotopic (exact) mass is 728 g/mol. The molecule has 6 fully saturated rings. The maximum atomic E-state index is 13.0. The highest BCUT2D eigenvalue weighted by Crippen LogP contribution is 2.58. The number of hydrogen-bond acceptors (Lipinski definition) is 6. The van der Waals surface area contributed by atoms with Crippen molar-refractivity contribution >= 4 is 11.9 Å². The van der Waals surface area contributed by atoms with E-state index in [1.54, 1.807) is 12.2 Å². The fourth-order valence-electron chi connectivity index (χ4n) is 13.3. The molecule has 0 aromatic heterocycles. The van der Waals surface area contributed by atoms with Gasteiger partial charge < -0.3 is 9.47 Å². The number of allylic oxidation sites excluding steroid dienone is 2. The van der Waals surface area contributed by atoms with E-state index < -0.39 is 11.9 Å². The zero-order chi connectivity index (χ0) is 36.3. The zero-order valence-corrected chi connectivity index (χ0v) is 32.3. The highest BCUT2D eigenvalue weighted by atomic mass is 16.5. The Hall–Kier alpha value is -3.22. The van der Waals surface area contributed by atoms with Crippen LogP contribution in [0.1, 0.15) is 125 Å². The van der Waals surface area contributed by atoms with Gasteiger partial charge >= 0.3 is 11.9 Å². The predicted molar refractivity (Wildman–Crippen MR) is 212 cm³/mol. The summed E-state index contributed by atoms with van der Waals surface area (Å²) in [4.78, 5) is 31.6. The van der Waals surface area contributed by atoms with Crippen LogP contribution in [0.4, 0.5) is 0 Å². The summed E-state index contributed by atoms with van der Waals surface area (Å²) in [5.74, 6) is 3.63. The number of esters is 2. The molecule has 2 aromatic carbocycles. The van der Waals surface area contributed by atoms with Crippen molar-refractivity contribution in [2.75, 3.05) is 26.2 Å². The van der Waals surface area contributed by atoms with E-state index in [1.807, 2.05) is 12.1 Å². The van der Waals surface area contributed by atoms with E-state index in [0.717, 1.165) is 24.7 Å². The van der Waals surface area contributed by atoms with Crippen LogP contribution in [0.5, 0.6) is 11.5 Å². The SMILES string of the molecule is O=C(/C=C/C=C/C(=O)Oc1ccc2c(c1)[C@@]13CCCCC1[C@@H](C2)N(CC1CCC1)CC3)Oc1ccc2c(c1)[C@@]13CCCCC1[C@@H](C2)N(CC1CCC1)CC3. The van der Waals surface area contributed by atoms with Crippen LogP contribution in [0.25, 0.3) is 0 Å². The standard InChI is InChI=1S/C48H60N2O4/c51-45(53-37-19-17-35-27-43-39-13-3-5-21-47(39,41(35)29-37)23-25-49(43)31-33-9-7-10-33)15-1-2-16-46(52)54-38-20-18-36-28-44-40-14-4-6-22-48(40,42(36)30-38)24-26-50(44)32-34-11-8-12-34/h1-2,15-20,29-30,33-34,39-40,43-44H,3-14,21-28,31-32H2/b15-1+,16-2+/t39?,40?,43-,44-,47-,48-/m1/s1. The lowest BCUT2D eigenvalue weighted by Gasteiger charge is -2.59. The molecule has 8 aliphatic rings. The molecule has 0 spiro atoms. The van der Waals surface area contributed by atoms with Crippen molar-refractivity contribution in [1.82, 2.24) is 9.80 Å². The van der Waals surface area contributed by atoms with Crippen LogP contribution in [-0.4, -0.2) is 60.0 Å². The molecule has 2 heterocycles. The lowest BCUT2D eigenvalue weighted by atomic mass is 9.52. The van der Waals surface area contributed by atoms with Gasteiger partial charge in [-0.1, -0.05) is 62.8 Å². The van der Waals surface area contributed by atoms with Crippen molar-refractivity contribution in [3.63, 3.8) is 0 Å². The topological polar surface area (TPSA) is 59.1 Å². The summed E-state index contributed by atoms with van der Waals surface area (Å²) in [5, 5.41) is 0. The third-order valence-electron chi connectivity index (χ3n) is 16.3. The molecular formula is C48H60N2O4. The van der Waals surface area contributed by atoms with E-state index in [0.29, 0.717) is 35.4 Å². The minimum Gasteiger partial charge on any atom is -0.423 e. The second-order valence-corrected chi connectivity index (χ2v) is 18.8. The van der Waals surface area contributed by atoms with Gasteiger partial charge in [-0.05, 0) is 160 Å². The van der Waals surface area contributed by atoms with E-state index in [2.05, 4.69) is 34.1 Å². The molecule has 4 bridgehead atoms. The normalized spacial score (nSPS) is 33.6. The second-order valence-electron chi connectivity index (χ2n) is 18.8. The van der Waals surface area contributed by atoms with Crippen molar-refractivity contribution in [3.05, 3.63) is 83.0 Å². The van der Waals surface area contributed by atoms with Crippen molar-refractivity contribution in [3.8, 4) is 11.5 Å². The summed E-state index contributed by atoms with van der Waals surface area (Å²) in [6.07, 6.45) is 29.5. The number of carbonyl (C=O) groups excluding carboxylic acids is 2. The highest BCUT2D eigenvalue weighted by Gasteiger charge is 2.55. The fourth-order valence-corrected chi connectivity index (χ4v) is 13.3. The summed E-state index contributed by atoms with van der Waals surface area (Å²) in [5.41, 5.74) is 6.24. The lowest BCUT2D eigenvalue weighted by molar-refractivity contribution is -0.130. The van der Waals surface area contributed by atoms with E-state index in [1.165, 1.54) is 163 Å². The predicted octanol–water partition coefficient (Wildman–Crippen LogP) is 9.03. The highest BCUT2D eigenvalue weighted by molar-refractivity contribution is 5.86. The third kappa shape index (κ3) is 6.22. The number of benzene rings is 2. The quantitative estimate of drug-likeness (QED) is 0.111. The molecular weight excluding hydrogens is 669 g/mol. The van der Waals surface area contributed by atoms with Crippen molar-refractivity contribution in [1.29, 1.82) is 0 Å². The molecule has 2 unspecified atom stereocenters. The van der Waals surface area contributed by atoms with E-state index in [-0.39, 0.29) is 10.8 Å². The van der Waals surface area contributed by atoms with E-state index in [9.17, 15) is 9.59 Å². The molecule has 2 aromatic rings. The minimum atomic E-state index is -0.428. The zero-order valence-electron chi connectivity index (χ0n) is 32.3. The molecule has 6 heteroatoms. The van der Waals surface area contributed by atoms with Gasteiger partial charge in [0.1, 0.15) is 11.5 Å². The van der Waals surface area contributed by atoms with E-state index in [4.69, 9.17) is 9.47 Å². The van der Waals surface area contributed by atoms with Crippen molar-refractivity contribution < 1.29 is 19.1 Å². The number of fused-ring (bicyclic) bond motifs is 2. The first-order valence-electron chi connectivity index (χ1n) is 22.0. The largest absolute Gasteiger partial charge is 0.423 e. The Labute approximate surface area is 322 Å². The number of likely N-dealkylation sites (tertiary alicyclic amines) is 2. The molecule has 2 saturated heterocycles. The Morgan fingerprint density at radius 1 is 0.593 bits per heavy atom. The molecule has 2 aliphatic heterocycles. The van der Waals surface area contributed by atoms with Gasteiger partial charge in [0, 0.05) is 48.2 Å². The number of carbonyl (C=O) groups is 2. The van der Waals surface area contributed by atoms with Crippen LogP contribution in [0, 0.1) is 23.7 Å². The maximum absolute atomic E-state index is 13.0. The molecule has 6 atom stereocenters. The van der Waals surface area contributed by atoms with Crippen LogP contribution in [-0.2, 0) is 33.3 Å². The van der Waals surface area contributed by atoms with Gasteiger partial charge in [0.2, 0.25) is 0 Å². The number of piperidine rings is 2. The Morgan fingerprint density at radius 2 is 1.06 bits per heavy atom. The number of ether oxygens (including phenoxy) is 2. The molecule has 4 saturated carbocycles. The first-order chi connectivity index (χ1) is 26.5. The second kappa shape index (κ2) is 14.4. The average molecular weight is 729 g/mol. The van der Waals surface area contributed by atoms with Crippen LogP contribution in [0.15, 0.2) is 60.7 Å². The molecule has 54 heavy (non-hydrogen) atoms. The molecule has 0 N–H and O–H groups in total. The summed E-state index contributed by atoms with van der Waals surface area (Å²) in [7, 11) is 0. The third-order valence-corrected chi connectivity index (χ3v) is 16.3. The Bertz CT molecular complexity index is 1690. The first kappa shape index (κ1) is 35.2. The molecule has 10 rings (SSSR count). The first-order valence-corrected chi connectivity index (χ1v) is 22.0. The summed E-state index contributed by atoms with van der Waals surface area (Å²) < 4.78 is 11.7. The fraction of sp³-hybridized carbons (Fsp3) is 0.625. The van der Waals surface area contributed by atoms with E-state index >= 15 is 0 Å². The maximum Gasteiger partial charge on any atom is 0.336 e. The average Bonchev–Trinajstić information content (AvgIpc) is 3.15. The van der Waals surface area contributed by atoms with Crippen molar-refractivity contribution in [2.24, 2.45) is 23.7 Å². The van der Waals surface area contributed by atoms with Crippen molar-refractivity contribution in [2.45, 2.75) is 138 Å². The summed E-state index contributed by atoms with van der Waals surface area (Å²) >= 11 is 0. The summed E-state index contributed by atoms with van der Waals surface area (Å²) in [6.45, 7) is 4.98. The Kier molecular flexibility index (Phi) is 9.37. The molecule has 0 radical (unpaired) electrons. The van der Waals surface area contributed by atoms with Crippen LogP contribution < -0.4 is 9.47 Å². The van der Waals surface area contributed by atoms with Gasteiger partial charge in [-0.25, -0.2) is 9.59 Å². The molecule has 6 nitrogen and oxygen atoms in total. The molecule has 286 valence electrons. The van der Waals surface area contributed by atoms with Gasteiger partial charge in [0.25, 0.3) is 0 Å². The van der Waals surface area contributed by atoms with Crippen LogP contribution in [0.2, 0.25) is 0 Å². The molecule has 0 amide bonds. The van der Waals surface area contributed by atoms with Gasteiger partial charge in [-0.15, -0.1) is 0 Å². The smallest absolute Gasteiger partial charge is 0.336 e. The minimum absolute atomic E-state index is 0.221. The van der Waals surface area contributed by atoms with Gasteiger partial charge in [0.05, 0.1) is 0 Å². The van der Waals surface area contributed by atoms with Gasteiger partial charge in [-0.2, -0.15) is 0 Å². The molecule has 6 aliphatic carbocycles. The van der Waals surface area contributed by atoms with Gasteiger partial charge in [0.15, 0.2) is 0 Å². The Balaban J connectivity index is 0.775. The number of rotatable bonds is 9. The number of hydrogen-bond donors (Lipinski definition) is 0. The number of nitrogens with zero attached hydrogens (tertiary/aromatic N) is 2. The Morgan fingerprint density at radius 3 is 1.48 bits per heavy atom. The van der Waals surface area contributed by atoms with Crippen LogP contribution >= 0.6 is 0 Å².